The molecule has 0 aliphatic carbocycles. The van der Waals surface area contributed by atoms with E-state index in [2.05, 4.69) is 0 Å². The van der Waals surface area contributed by atoms with Crippen LogP contribution in [0.25, 0.3) is 0 Å². The number of carbonyl (C=O) groups is 2. The van der Waals surface area contributed by atoms with Crippen LogP contribution in [0.15, 0.2) is 42.5 Å². The van der Waals surface area contributed by atoms with E-state index >= 15 is 0 Å². The fourth-order valence-electron chi connectivity index (χ4n) is 3.20. The van der Waals surface area contributed by atoms with Gasteiger partial charge in [0.2, 0.25) is 0 Å². The summed E-state index contributed by atoms with van der Waals surface area (Å²) in [6, 6.07) is 11.2. The lowest BCUT2D eigenvalue weighted by Gasteiger charge is -2.31. The predicted octanol–water partition coefficient (Wildman–Crippen LogP) is 3.90. The van der Waals surface area contributed by atoms with E-state index in [1.165, 1.54) is 24.3 Å². The SMILES string of the molecule is Cc1ccc(OC(=O)C2CCN(C(=O)c3ccc(F)cc3)CC2)c(C)c1. The molecule has 1 heterocycles. The first kappa shape index (κ1) is 18.1. The topological polar surface area (TPSA) is 46.6 Å². The third-order valence-electron chi connectivity index (χ3n) is 4.75. The molecule has 1 amide bonds. The summed E-state index contributed by atoms with van der Waals surface area (Å²) in [6.07, 6.45) is 1.13. The lowest BCUT2D eigenvalue weighted by atomic mass is 9.96. The van der Waals surface area contributed by atoms with E-state index in [0.717, 1.165) is 11.1 Å². The Morgan fingerprint density at radius 1 is 1.04 bits per heavy atom. The zero-order chi connectivity index (χ0) is 18.7. The molecule has 0 atom stereocenters. The molecule has 0 bridgehead atoms. The fraction of sp³-hybridized carbons (Fsp3) is 0.333. The predicted molar refractivity (Wildman–Crippen MR) is 96.6 cm³/mol. The minimum atomic E-state index is -0.366. The molecule has 26 heavy (non-hydrogen) atoms. The van der Waals surface area contributed by atoms with Gasteiger partial charge in [0.1, 0.15) is 11.6 Å². The van der Waals surface area contributed by atoms with Crippen LogP contribution in [0.3, 0.4) is 0 Å². The minimum absolute atomic E-state index is 0.133. The number of halogens is 1. The number of aryl methyl sites for hydroxylation is 2. The van der Waals surface area contributed by atoms with Crippen molar-refractivity contribution in [1.82, 2.24) is 4.90 Å². The van der Waals surface area contributed by atoms with Crippen LogP contribution in [-0.2, 0) is 4.79 Å². The van der Waals surface area contributed by atoms with E-state index < -0.39 is 0 Å². The number of esters is 1. The van der Waals surface area contributed by atoms with Gasteiger partial charge in [0, 0.05) is 18.7 Å². The molecule has 0 spiro atoms. The highest BCUT2D eigenvalue weighted by Gasteiger charge is 2.29. The average Bonchev–Trinajstić information content (AvgIpc) is 2.64. The van der Waals surface area contributed by atoms with Gasteiger partial charge in [-0.05, 0) is 62.6 Å². The Labute approximate surface area is 152 Å². The van der Waals surface area contributed by atoms with Gasteiger partial charge in [-0.15, -0.1) is 0 Å². The third-order valence-corrected chi connectivity index (χ3v) is 4.75. The van der Waals surface area contributed by atoms with Gasteiger partial charge in [0.05, 0.1) is 5.92 Å². The second kappa shape index (κ2) is 7.68. The van der Waals surface area contributed by atoms with E-state index in [1.807, 2.05) is 32.0 Å². The first-order chi connectivity index (χ1) is 12.4. The summed E-state index contributed by atoms with van der Waals surface area (Å²) in [5.74, 6) is -0.371. The lowest BCUT2D eigenvalue weighted by molar-refractivity contribution is -0.140. The molecule has 0 N–H and O–H groups in total. The van der Waals surface area contributed by atoms with Crippen LogP contribution in [-0.4, -0.2) is 29.9 Å². The van der Waals surface area contributed by atoms with Crippen LogP contribution in [0.2, 0.25) is 0 Å². The van der Waals surface area contributed by atoms with Gasteiger partial charge in [-0.1, -0.05) is 17.7 Å². The molecule has 0 saturated carbocycles. The maximum atomic E-state index is 13.0. The average molecular weight is 355 g/mol. The molecule has 4 nitrogen and oxygen atoms in total. The molecule has 1 aliphatic heterocycles. The second-order valence-electron chi connectivity index (χ2n) is 6.76. The van der Waals surface area contributed by atoms with Gasteiger partial charge < -0.3 is 9.64 Å². The largest absolute Gasteiger partial charge is 0.426 e. The Kier molecular flexibility index (Phi) is 5.35. The first-order valence-electron chi connectivity index (χ1n) is 8.78. The van der Waals surface area contributed by atoms with Gasteiger partial charge in [-0.2, -0.15) is 0 Å². The van der Waals surface area contributed by atoms with E-state index in [9.17, 15) is 14.0 Å². The number of likely N-dealkylation sites (tertiary alicyclic amines) is 1. The zero-order valence-electron chi connectivity index (χ0n) is 15.0. The van der Waals surface area contributed by atoms with E-state index in [-0.39, 0.29) is 23.6 Å². The van der Waals surface area contributed by atoms with Crippen LogP contribution in [0.1, 0.15) is 34.3 Å². The summed E-state index contributed by atoms with van der Waals surface area (Å²) in [5.41, 5.74) is 2.51. The Hall–Kier alpha value is -2.69. The Morgan fingerprint density at radius 2 is 1.69 bits per heavy atom. The van der Waals surface area contributed by atoms with Gasteiger partial charge in [-0.25, -0.2) is 4.39 Å². The Balaban J connectivity index is 1.56. The number of hydrogen-bond donors (Lipinski definition) is 0. The summed E-state index contributed by atoms with van der Waals surface area (Å²) < 4.78 is 18.5. The number of ether oxygens (including phenoxy) is 1. The standard InChI is InChI=1S/C21H22FNO3/c1-14-3-8-19(15(2)13-14)26-21(25)17-9-11-23(12-10-17)20(24)16-4-6-18(22)7-5-16/h3-8,13,17H,9-12H2,1-2H3. The van der Waals surface area contributed by atoms with Crippen molar-refractivity contribution in [1.29, 1.82) is 0 Å². The highest BCUT2D eigenvalue weighted by molar-refractivity contribution is 5.94. The number of carbonyl (C=O) groups excluding carboxylic acids is 2. The van der Waals surface area contributed by atoms with E-state index in [4.69, 9.17) is 4.74 Å². The summed E-state index contributed by atoms with van der Waals surface area (Å²) in [4.78, 5) is 26.6. The minimum Gasteiger partial charge on any atom is -0.426 e. The van der Waals surface area contributed by atoms with Gasteiger partial charge in [0.15, 0.2) is 0 Å². The van der Waals surface area contributed by atoms with Crippen molar-refractivity contribution in [3.05, 3.63) is 65.0 Å². The van der Waals surface area contributed by atoms with Crippen molar-refractivity contribution in [3.8, 4) is 5.75 Å². The number of hydrogen-bond acceptors (Lipinski definition) is 3. The van der Waals surface area contributed by atoms with Gasteiger partial charge in [0.25, 0.3) is 5.91 Å². The maximum Gasteiger partial charge on any atom is 0.314 e. The number of piperidine rings is 1. The summed E-state index contributed by atoms with van der Waals surface area (Å²) in [6.45, 7) is 4.89. The number of nitrogens with zero attached hydrogens (tertiary/aromatic N) is 1. The first-order valence-corrected chi connectivity index (χ1v) is 8.78. The van der Waals surface area contributed by atoms with Crippen LogP contribution < -0.4 is 4.74 Å². The second-order valence-corrected chi connectivity index (χ2v) is 6.76. The molecule has 2 aromatic rings. The highest BCUT2D eigenvalue weighted by Crippen LogP contribution is 2.24. The van der Waals surface area contributed by atoms with Gasteiger partial charge in [-0.3, -0.25) is 9.59 Å². The number of rotatable bonds is 3. The van der Waals surface area contributed by atoms with Crippen LogP contribution in [0.5, 0.6) is 5.75 Å². The van der Waals surface area contributed by atoms with Crippen molar-refractivity contribution < 1.29 is 18.7 Å². The van der Waals surface area contributed by atoms with Crippen LogP contribution in [0.4, 0.5) is 4.39 Å². The van der Waals surface area contributed by atoms with Crippen LogP contribution in [0, 0.1) is 25.6 Å². The molecule has 3 rings (SSSR count). The molecular weight excluding hydrogens is 333 g/mol. The maximum absolute atomic E-state index is 13.0. The zero-order valence-corrected chi connectivity index (χ0v) is 15.0. The molecule has 0 radical (unpaired) electrons. The van der Waals surface area contributed by atoms with Gasteiger partial charge >= 0.3 is 5.97 Å². The van der Waals surface area contributed by atoms with Crippen molar-refractivity contribution in [3.63, 3.8) is 0 Å². The summed E-state index contributed by atoms with van der Waals surface area (Å²) in [5, 5.41) is 0. The van der Waals surface area contributed by atoms with Crippen molar-refractivity contribution >= 4 is 11.9 Å². The smallest absolute Gasteiger partial charge is 0.314 e. The summed E-state index contributed by atoms with van der Waals surface area (Å²) in [7, 11) is 0. The fourth-order valence-corrected chi connectivity index (χ4v) is 3.20. The third kappa shape index (κ3) is 4.10. The molecular formula is C21H22FNO3. The molecule has 1 fully saturated rings. The molecule has 136 valence electrons. The molecule has 5 heteroatoms. The van der Waals surface area contributed by atoms with E-state index in [1.54, 1.807) is 4.90 Å². The van der Waals surface area contributed by atoms with Crippen molar-refractivity contribution in [2.75, 3.05) is 13.1 Å². The quantitative estimate of drug-likeness (QED) is 0.620. The number of amides is 1. The molecule has 1 aliphatic rings. The Morgan fingerprint density at radius 3 is 2.31 bits per heavy atom. The molecule has 0 aromatic heterocycles. The van der Waals surface area contributed by atoms with Crippen molar-refractivity contribution in [2.45, 2.75) is 26.7 Å². The van der Waals surface area contributed by atoms with Crippen LogP contribution >= 0.6 is 0 Å². The van der Waals surface area contributed by atoms with Crippen molar-refractivity contribution in [2.24, 2.45) is 5.92 Å². The lowest BCUT2D eigenvalue weighted by Crippen LogP contribution is -2.41. The Bertz CT molecular complexity index is 809. The molecule has 0 unspecified atom stereocenters. The molecule has 1 saturated heterocycles. The monoisotopic (exact) mass is 355 g/mol. The normalized spacial score (nSPS) is 15.0. The number of benzene rings is 2. The van der Waals surface area contributed by atoms with E-state index in [0.29, 0.717) is 37.2 Å². The highest BCUT2D eigenvalue weighted by atomic mass is 19.1. The summed E-state index contributed by atoms with van der Waals surface area (Å²) >= 11 is 0. The molecule has 2 aromatic carbocycles.